The lowest BCUT2D eigenvalue weighted by Crippen LogP contribution is -2.38. The molecule has 0 radical (unpaired) electrons. The number of aryl methyl sites for hydroxylation is 1. The van der Waals surface area contributed by atoms with Crippen LogP contribution in [0, 0.1) is 5.82 Å². The normalized spacial score (nSPS) is 22.9. The Bertz CT molecular complexity index is 888. The molecule has 0 bridgehead atoms. The molecule has 0 spiro atoms. The molecule has 0 aromatic heterocycles. The first kappa shape index (κ1) is 21.0. The van der Waals surface area contributed by atoms with Crippen LogP contribution in [0.2, 0.25) is 0 Å². The Hall–Kier alpha value is -1.76. The highest BCUT2D eigenvalue weighted by Crippen LogP contribution is 2.43. The quantitative estimate of drug-likeness (QED) is 0.610. The van der Waals surface area contributed by atoms with E-state index in [4.69, 9.17) is 8.92 Å². The van der Waals surface area contributed by atoms with Gasteiger partial charge in [0.1, 0.15) is 5.82 Å². The number of rotatable bonds is 7. The summed E-state index contributed by atoms with van der Waals surface area (Å²) in [5.74, 6) is -0.281. The molecule has 28 heavy (non-hydrogen) atoms. The molecule has 0 atom stereocenters. The standard InChI is InChI=1S/C22H27FO4S/c1-3-17-10-11-18(23)16-21(17)22(26-4-2)14-12-19(13-15-22)27-28(24,25)20-8-6-5-7-9-20/h5-11,16,19H,3-4,12-15H2,1-2H3/t19-,22-. The minimum atomic E-state index is -3.79. The van der Waals surface area contributed by atoms with Crippen molar-refractivity contribution in [2.24, 2.45) is 0 Å². The van der Waals surface area contributed by atoms with Gasteiger partial charge in [0.2, 0.25) is 0 Å². The summed E-state index contributed by atoms with van der Waals surface area (Å²) < 4.78 is 50.6. The number of hydrogen-bond acceptors (Lipinski definition) is 4. The fourth-order valence-corrected chi connectivity index (χ4v) is 5.18. The largest absolute Gasteiger partial charge is 0.371 e. The van der Waals surface area contributed by atoms with Crippen LogP contribution in [0.15, 0.2) is 53.4 Å². The van der Waals surface area contributed by atoms with Gasteiger partial charge in [-0.2, -0.15) is 8.42 Å². The van der Waals surface area contributed by atoms with E-state index in [1.165, 1.54) is 18.2 Å². The maximum Gasteiger partial charge on any atom is 0.297 e. The van der Waals surface area contributed by atoms with Crippen molar-refractivity contribution in [3.8, 4) is 0 Å². The smallest absolute Gasteiger partial charge is 0.297 e. The molecule has 0 heterocycles. The summed E-state index contributed by atoms with van der Waals surface area (Å²) in [6.45, 7) is 4.47. The lowest BCUT2D eigenvalue weighted by molar-refractivity contribution is -0.0869. The highest BCUT2D eigenvalue weighted by atomic mass is 32.2. The molecule has 2 aromatic rings. The summed E-state index contributed by atoms with van der Waals surface area (Å²) in [5.41, 5.74) is 1.34. The van der Waals surface area contributed by atoms with Crippen molar-refractivity contribution in [2.75, 3.05) is 6.61 Å². The van der Waals surface area contributed by atoms with E-state index in [9.17, 15) is 12.8 Å². The summed E-state index contributed by atoms with van der Waals surface area (Å²) in [5, 5.41) is 0. The fraction of sp³-hybridized carbons (Fsp3) is 0.455. The monoisotopic (exact) mass is 406 g/mol. The van der Waals surface area contributed by atoms with E-state index < -0.39 is 21.8 Å². The molecule has 0 amide bonds. The van der Waals surface area contributed by atoms with Crippen molar-refractivity contribution in [1.82, 2.24) is 0 Å². The van der Waals surface area contributed by atoms with Crippen LogP contribution >= 0.6 is 0 Å². The van der Waals surface area contributed by atoms with Crippen molar-refractivity contribution >= 4 is 10.1 Å². The van der Waals surface area contributed by atoms with E-state index >= 15 is 0 Å². The van der Waals surface area contributed by atoms with Crippen LogP contribution < -0.4 is 0 Å². The lowest BCUT2D eigenvalue weighted by Gasteiger charge is -2.41. The second-order valence-corrected chi connectivity index (χ2v) is 8.72. The van der Waals surface area contributed by atoms with Crippen LogP contribution in [0.5, 0.6) is 0 Å². The van der Waals surface area contributed by atoms with Crippen molar-refractivity contribution in [1.29, 1.82) is 0 Å². The van der Waals surface area contributed by atoms with E-state index in [1.807, 2.05) is 19.9 Å². The Morgan fingerprint density at radius 1 is 1.07 bits per heavy atom. The van der Waals surface area contributed by atoms with E-state index in [1.54, 1.807) is 24.3 Å². The average molecular weight is 407 g/mol. The molecule has 3 rings (SSSR count). The number of ether oxygens (including phenoxy) is 1. The third-order valence-electron chi connectivity index (χ3n) is 5.40. The Balaban J connectivity index is 1.79. The van der Waals surface area contributed by atoms with Gasteiger partial charge in [0.15, 0.2) is 0 Å². The molecule has 0 saturated heterocycles. The third kappa shape index (κ3) is 4.45. The van der Waals surface area contributed by atoms with E-state index in [0.29, 0.717) is 32.3 Å². The minimum absolute atomic E-state index is 0.162. The lowest BCUT2D eigenvalue weighted by atomic mass is 9.76. The molecule has 0 unspecified atom stereocenters. The van der Waals surface area contributed by atoms with Crippen molar-refractivity contribution in [2.45, 2.75) is 62.6 Å². The van der Waals surface area contributed by atoms with Gasteiger partial charge in [-0.1, -0.05) is 31.2 Å². The van der Waals surface area contributed by atoms with Crippen molar-refractivity contribution in [3.63, 3.8) is 0 Å². The van der Waals surface area contributed by atoms with Gasteiger partial charge in [-0.3, -0.25) is 4.18 Å². The topological polar surface area (TPSA) is 52.6 Å². The van der Waals surface area contributed by atoms with Crippen LogP contribution in [-0.2, 0) is 31.1 Å². The predicted octanol–water partition coefficient (Wildman–Crippen LogP) is 4.97. The van der Waals surface area contributed by atoms with Gasteiger partial charge >= 0.3 is 0 Å². The molecule has 2 aromatic carbocycles. The van der Waals surface area contributed by atoms with E-state index in [2.05, 4.69) is 0 Å². The van der Waals surface area contributed by atoms with Crippen LogP contribution in [0.4, 0.5) is 4.39 Å². The van der Waals surface area contributed by atoms with Crippen LogP contribution in [0.25, 0.3) is 0 Å². The third-order valence-corrected chi connectivity index (χ3v) is 6.77. The van der Waals surface area contributed by atoms with Gasteiger partial charge in [0.25, 0.3) is 10.1 Å². The second-order valence-electron chi connectivity index (χ2n) is 7.15. The molecular formula is C22H27FO4S. The maximum absolute atomic E-state index is 14.0. The first-order valence-corrected chi connectivity index (χ1v) is 11.2. The van der Waals surface area contributed by atoms with E-state index in [-0.39, 0.29) is 10.7 Å². The van der Waals surface area contributed by atoms with Gasteiger partial charge < -0.3 is 4.74 Å². The first-order valence-electron chi connectivity index (χ1n) is 9.81. The Morgan fingerprint density at radius 2 is 1.75 bits per heavy atom. The molecule has 6 heteroatoms. The molecule has 0 N–H and O–H groups in total. The summed E-state index contributed by atoms with van der Waals surface area (Å²) in [4.78, 5) is 0.162. The molecule has 1 fully saturated rings. The zero-order chi connectivity index (χ0) is 20.2. The van der Waals surface area contributed by atoms with Crippen LogP contribution in [0.1, 0.15) is 50.7 Å². The molecule has 0 aliphatic heterocycles. The van der Waals surface area contributed by atoms with Gasteiger partial charge in [0.05, 0.1) is 16.6 Å². The van der Waals surface area contributed by atoms with Gasteiger partial charge in [-0.05, 0) is 74.4 Å². The summed E-state index contributed by atoms with van der Waals surface area (Å²) in [6.07, 6.45) is 2.63. The molecule has 152 valence electrons. The highest BCUT2D eigenvalue weighted by Gasteiger charge is 2.40. The Kier molecular flexibility index (Phi) is 6.53. The minimum Gasteiger partial charge on any atom is -0.371 e. The molecule has 1 saturated carbocycles. The second kappa shape index (κ2) is 8.72. The molecule has 4 nitrogen and oxygen atoms in total. The van der Waals surface area contributed by atoms with Gasteiger partial charge in [-0.25, -0.2) is 4.39 Å². The Labute approximate surface area is 166 Å². The van der Waals surface area contributed by atoms with E-state index in [0.717, 1.165) is 17.5 Å². The number of hydrogen-bond donors (Lipinski definition) is 0. The fourth-order valence-electron chi connectivity index (χ4n) is 4.02. The summed E-state index contributed by atoms with van der Waals surface area (Å²) in [7, 11) is -3.79. The van der Waals surface area contributed by atoms with Crippen LogP contribution in [0.3, 0.4) is 0 Å². The predicted molar refractivity (Wildman–Crippen MR) is 106 cm³/mol. The molecule has 1 aliphatic rings. The number of benzene rings is 2. The first-order chi connectivity index (χ1) is 13.4. The molecule has 1 aliphatic carbocycles. The number of halogens is 1. The zero-order valence-electron chi connectivity index (χ0n) is 16.4. The summed E-state index contributed by atoms with van der Waals surface area (Å²) >= 11 is 0. The maximum atomic E-state index is 14.0. The average Bonchev–Trinajstić information content (AvgIpc) is 2.70. The van der Waals surface area contributed by atoms with Crippen LogP contribution in [-0.4, -0.2) is 21.1 Å². The van der Waals surface area contributed by atoms with Crippen molar-refractivity contribution < 1.29 is 21.7 Å². The van der Waals surface area contributed by atoms with Gasteiger partial charge in [0, 0.05) is 6.61 Å². The molecular weight excluding hydrogens is 379 g/mol. The zero-order valence-corrected chi connectivity index (χ0v) is 17.2. The summed E-state index contributed by atoms with van der Waals surface area (Å²) in [6, 6.07) is 13.0. The van der Waals surface area contributed by atoms with Crippen molar-refractivity contribution in [3.05, 3.63) is 65.5 Å². The SMILES string of the molecule is CCO[C@]1(c2cc(F)ccc2CC)CC[C@@H](OS(=O)(=O)c2ccccc2)CC1. The highest BCUT2D eigenvalue weighted by molar-refractivity contribution is 7.86. The Morgan fingerprint density at radius 3 is 2.36 bits per heavy atom. The van der Waals surface area contributed by atoms with Gasteiger partial charge in [-0.15, -0.1) is 0 Å².